The summed E-state index contributed by atoms with van der Waals surface area (Å²) < 4.78 is 18.3. The van der Waals surface area contributed by atoms with Crippen molar-refractivity contribution in [2.45, 2.75) is 82.7 Å². The number of carbonyl (C=O) groups is 6. The molecule has 2 aliphatic rings. The number of nitrogens with two attached hydrogens (primary N) is 2. The van der Waals surface area contributed by atoms with Gasteiger partial charge >= 0.3 is 14.0 Å². The topological polar surface area (TPSA) is 280 Å². The molecule has 0 bridgehead atoms. The molecule has 4 unspecified atom stereocenters. The zero-order valence-electron chi connectivity index (χ0n) is 50.7. The number of hydrogen-bond donors (Lipinski definition) is 7. The van der Waals surface area contributed by atoms with Crippen LogP contribution in [0.5, 0.6) is 5.75 Å². The third kappa shape index (κ3) is 24.6. The van der Waals surface area contributed by atoms with Gasteiger partial charge in [0.2, 0.25) is 17.7 Å². The van der Waals surface area contributed by atoms with E-state index in [1.54, 1.807) is 35.4 Å². The first-order valence-electron chi connectivity index (χ1n) is 30.4. The van der Waals surface area contributed by atoms with E-state index < -0.39 is 31.9 Å². The zero-order valence-corrected chi connectivity index (χ0v) is 51.6. The van der Waals surface area contributed by atoms with Gasteiger partial charge in [-0.05, 0) is 78.3 Å². The van der Waals surface area contributed by atoms with Crippen LogP contribution in [0.15, 0.2) is 127 Å². The van der Waals surface area contributed by atoms with Crippen LogP contribution in [-0.2, 0) is 39.9 Å². The highest BCUT2D eigenvalue weighted by Gasteiger charge is 2.41. The number of Topliss-reactive ketones (excluding diaryl/α,β-unsaturated/α-hetero) is 1. The fraction of sp³-hybridized carbons (Fsp3) is 0.500. The maximum absolute atomic E-state index is 14.7. The van der Waals surface area contributed by atoms with E-state index in [9.17, 15) is 43.3 Å². The van der Waals surface area contributed by atoms with Crippen LogP contribution in [0, 0.1) is 0 Å². The summed E-state index contributed by atoms with van der Waals surface area (Å²) in [6.07, 6.45) is 6.46. The highest BCUT2D eigenvalue weighted by molar-refractivity contribution is 7.38. The number of benzene rings is 4. The van der Waals surface area contributed by atoms with E-state index in [0.717, 1.165) is 42.2 Å². The average molecular weight is 1220 g/mol. The first-order valence-corrected chi connectivity index (χ1v) is 31.7. The van der Waals surface area contributed by atoms with Gasteiger partial charge in [-0.15, -0.1) is 0 Å². The van der Waals surface area contributed by atoms with Crippen LogP contribution in [0.25, 0.3) is 0 Å². The Morgan fingerprint density at radius 2 is 1.29 bits per heavy atom. The van der Waals surface area contributed by atoms with Gasteiger partial charge in [0.25, 0.3) is 5.78 Å². The molecule has 472 valence electrons. The third-order valence-corrected chi connectivity index (χ3v) is 16.6. The van der Waals surface area contributed by atoms with Gasteiger partial charge in [0.15, 0.2) is 0 Å². The summed E-state index contributed by atoms with van der Waals surface area (Å²) in [4.78, 5) is 99.2. The fourth-order valence-electron chi connectivity index (χ4n) is 11.1. The van der Waals surface area contributed by atoms with Crippen LogP contribution < -0.4 is 32.3 Å². The number of nitrogens with zero attached hydrogens (tertiary/aromatic N) is 7. The molecule has 6 rings (SSSR count). The van der Waals surface area contributed by atoms with Gasteiger partial charge in [0.05, 0.1) is 44.5 Å². The minimum atomic E-state index is -2.58. The molecule has 2 saturated heterocycles. The molecule has 0 saturated carbocycles. The van der Waals surface area contributed by atoms with E-state index in [-0.39, 0.29) is 81.7 Å². The zero-order chi connectivity index (χ0) is 62.3. The summed E-state index contributed by atoms with van der Waals surface area (Å²) in [7, 11) is -2.58. The molecule has 3 amide bonds. The number of nitrogens with one attached hydrogen (secondary N) is 3. The lowest BCUT2D eigenvalue weighted by Crippen LogP contribution is -2.50. The minimum absolute atomic E-state index is 0.00131. The number of carboxylic acid groups (broad SMARTS) is 1. The molecule has 2 heterocycles. The molecular weight excluding hydrogens is 1130 g/mol. The van der Waals surface area contributed by atoms with Gasteiger partial charge in [0, 0.05) is 109 Å². The smallest absolute Gasteiger partial charge is 0.487 e. The number of unbranched alkanes of at least 4 members (excludes halogenated alkanes) is 3. The van der Waals surface area contributed by atoms with Crippen molar-refractivity contribution < 1.29 is 48.1 Å². The normalized spacial score (nSPS) is 17.5. The number of rotatable bonds is 34. The molecule has 4 atom stereocenters. The molecule has 0 spiro atoms. The van der Waals surface area contributed by atoms with Gasteiger partial charge in [-0.2, -0.15) is 4.89 Å². The van der Waals surface area contributed by atoms with Crippen LogP contribution in [-0.4, -0.2) is 217 Å². The number of aldehydes is 1. The average Bonchev–Trinajstić information content (AvgIpc) is 3.06. The number of ether oxygens (including phenoxy) is 1. The van der Waals surface area contributed by atoms with E-state index in [2.05, 4.69) is 52.0 Å². The van der Waals surface area contributed by atoms with Crippen molar-refractivity contribution in [1.29, 1.82) is 0 Å². The lowest BCUT2D eigenvalue weighted by atomic mass is 9.90. The highest BCUT2D eigenvalue weighted by Crippen LogP contribution is 2.36. The maximum atomic E-state index is 14.7. The molecule has 0 aromatic heterocycles. The Labute approximate surface area is 514 Å². The van der Waals surface area contributed by atoms with Gasteiger partial charge in [-0.1, -0.05) is 111 Å². The number of amides is 3. The van der Waals surface area contributed by atoms with Gasteiger partial charge in [-0.25, -0.2) is 5.84 Å². The molecule has 4 aromatic rings. The highest BCUT2D eigenvalue weighted by atomic mass is 31.1. The molecular formula is C64H92N12O10P+. The lowest BCUT2D eigenvalue weighted by molar-refractivity contribution is -0.139. The first kappa shape index (κ1) is 69.1. The van der Waals surface area contributed by atoms with E-state index in [1.807, 2.05) is 86.3 Å². The number of ketones is 1. The van der Waals surface area contributed by atoms with Crippen molar-refractivity contribution in [2.75, 3.05) is 124 Å². The van der Waals surface area contributed by atoms with E-state index >= 15 is 0 Å². The van der Waals surface area contributed by atoms with Crippen molar-refractivity contribution in [3.05, 3.63) is 149 Å². The van der Waals surface area contributed by atoms with Crippen molar-refractivity contribution in [1.82, 2.24) is 50.4 Å². The third-order valence-electron chi connectivity index (χ3n) is 15.7. The standard InChI is InChI=1S/C64H91N12O10P/c1-3-29-74(45-58(52-19-11-7-12-20-52)53-21-13-8-14-22-53)47-61(80)75-44-56(76(66)43-55(65)49-86-57-25-23-54(24-26-57)64(87(84)85)69-41-51-17-9-6-10-18-51)40-59(75)63(83)68-28-16-5-4-15-27-67-60(79)46-72-33-31-70(38-39-77)30-32-71(42-50(2)78)34-36-73(37-35-72)48-62(81)82/h6-14,17-26,39,43,56,58-59,64,69H,3-5,15-16,27-38,40-42,44-49,65-66H2,1-2H3,(H3-,67,68,79,81,82,83,84,85)/p+1/b55-43-. The number of hydrazine groups is 1. The van der Waals surface area contributed by atoms with E-state index in [0.29, 0.717) is 115 Å². The van der Waals surface area contributed by atoms with Crippen molar-refractivity contribution in [3.63, 3.8) is 0 Å². The molecule has 9 N–H and O–H groups in total. The second-order valence-electron chi connectivity index (χ2n) is 22.6. The van der Waals surface area contributed by atoms with E-state index in [1.165, 1.54) is 11.9 Å². The monoisotopic (exact) mass is 1220 g/mol. The lowest BCUT2D eigenvalue weighted by Gasteiger charge is -2.33. The summed E-state index contributed by atoms with van der Waals surface area (Å²) >= 11 is 0. The largest absolute Gasteiger partial charge is 0.529 e. The van der Waals surface area contributed by atoms with Crippen LogP contribution in [0.4, 0.5) is 0 Å². The van der Waals surface area contributed by atoms with Crippen LogP contribution in [0.3, 0.4) is 0 Å². The number of carboxylic acids is 1. The van der Waals surface area contributed by atoms with Crippen molar-refractivity contribution in [2.24, 2.45) is 11.6 Å². The summed E-state index contributed by atoms with van der Waals surface area (Å²) in [5.74, 6) is 4.86. The van der Waals surface area contributed by atoms with Crippen LogP contribution >= 0.6 is 8.03 Å². The molecule has 23 heteroatoms. The van der Waals surface area contributed by atoms with E-state index in [4.69, 9.17) is 16.3 Å². The Morgan fingerprint density at radius 3 is 1.84 bits per heavy atom. The number of aliphatic carboxylic acids is 1. The van der Waals surface area contributed by atoms with Gasteiger partial charge < -0.3 is 40.9 Å². The van der Waals surface area contributed by atoms with Crippen molar-refractivity contribution >= 4 is 43.8 Å². The summed E-state index contributed by atoms with van der Waals surface area (Å²) in [6, 6.07) is 35.8. The first-order chi connectivity index (χ1) is 42.1. The Balaban J connectivity index is 1.03. The van der Waals surface area contributed by atoms with Crippen LogP contribution in [0.1, 0.15) is 86.3 Å². The maximum Gasteiger partial charge on any atom is 0.529 e. The number of hydrogen-bond acceptors (Lipinski definition) is 17. The Bertz CT molecular complexity index is 2750. The molecule has 2 fully saturated rings. The number of likely N-dealkylation sites (tertiary alicyclic amines) is 1. The summed E-state index contributed by atoms with van der Waals surface area (Å²) in [5, 5.41) is 20.4. The molecule has 0 aliphatic carbocycles. The van der Waals surface area contributed by atoms with Crippen molar-refractivity contribution in [3.8, 4) is 5.75 Å². The quantitative estimate of drug-likeness (QED) is 0.0115. The molecule has 22 nitrogen and oxygen atoms in total. The van der Waals surface area contributed by atoms with Gasteiger partial charge in [-0.3, -0.25) is 53.8 Å². The SMILES string of the molecule is CCCN(CC(=O)N1CC(N(N)/C=C(\N)COc2ccc(C(NCc3ccccc3)[P+](=O)O)cc2)CC1C(=O)NCCCCCCNC(=O)CN1CCN(CC=O)CCN(CC(C)=O)CCN(CC(=O)O)CC1)CC(c1ccccc1)c1ccccc1. The molecule has 2 aliphatic heterocycles. The fourth-order valence-corrected chi connectivity index (χ4v) is 11.7. The predicted molar refractivity (Wildman–Crippen MR) is 336 cm³/mol. The predicted octanol–water partition coefficient (Wildman–Crippen LogP) is 3.96. The second kappa shape index (κ2) is 37.7. The Kier molecular flexibility index (Phi) is 29.9. The summed E-state index contributed by atoms with van der Waals surface area (Å²) in [5.41, 5.74) is 10.7. The van der Waals surface area contributed by atoms with Gasteiger partial charge in [0.1, 0.15) is 30.5 Å². The number of carbonyl (C=O) groups excluding carboxylic acids is 5. The van der Waals surface area contributed by atoms with Crippen LogP contribution in [0.2, 0.25) is 0 Å². The Morgan fingerprint density at radius 1 is 0.736 bits per heavy atom. The molecule has 87 heavy (non-hydrogen) atoms. The minimum Gasteiger partial charge on any atom is -0.487 e. The Hall–Kier alpha value is -6.98. The second-order valence-corrected chi connectivity index (χ2v) is 23.7. The summed E-state index contributed by atoms with van der Waals surface area (Å²) in [6.45, 7) is 10.7. The molecule has 4 aromatic carbocycles. The molecule has 0 radical (unpaired) electrons.